The number of alkyl halides is 3. The van der Waals surface area contributed by atoms with Crippen LogP contribution in [0.4, 0.5) is 13.2 Å². The lowest BCUT2D eigenvalue weighted by Crippen LogP contribution is -2.17. The van der Waals surface area contributed by atoms with Crippen molar-refractivity contribution in [2.24, 2.45) is 0 Å². The Morgan fingerprint density at radius 3 is 2.76 bits per heavy atom. The second-order valence-corrected chi connectivity index (χ2v) is 6.12. The molecule has 146 valence electrons. The average molecular weight is 401 g/mol. The van der Waals surface area contributed by atoms with Crippen molar-refractivity contribution in [3.8, 4) is 11.3 Å². The summed E-state index contributed by atoms with van der Waals surface area (Å²) in [7, 11) is 0. The van der Waals surface area contributed by atoms with Gasteiger partial charge in [-0.15, -0.1) is 9.73 Å². The topological polar surface area (TPSA) is 117 Å². The summed E-state index contributed by atoms with van der Waals surface area (Å²) in [5, 5.41) is 19.8. The molecule has 14 heteroatoms. The molecule has 0 saturated heterocycles. The summed E-state index contributed by atoms with van der Waals surface area (Å²) in [6.07, 6.45) is 2.74. The predicted octanol–water partition coefficient (Wildman–Crippen LogP) is 1.13. The van der Waals surface area contributed by atoms with Crippen molar-refractivity contribution in [1.82, 2.24) is 54.6 Å². The van der Waals surface area contributed by atoms with Crippen LogP contribution in [0.25, 0.3) is 28.2 Å². The average Bonchev–Trinajstić information content (AvgIpc) is 3.40. The van der Waals surface area contributed by atoms with E-state index in [2.05, 4.69) is 40.6 Å². The third-order valence-electron chi connectivity index (χ3n) is 3.99. The largest absolute Gasteiger partial charge is 0.408 e. The smallest absolute Gasteiger partial charge is 0.263 e. The molecule has 0 fully saturated rings. The Balaban J connectivity index is 1.47. The molecule has 0 aromatic carbocycles. The number of aromatic nitrogens is 11. The molecule has 0 spiro atoms. The van der Waals surface area contributed by atoms with Crippen molar-refractivity contribution in [1.29, 1.82) is 0 Å². The van der Waals surface area contributed by atoms with Crippen molar-refractivity contribution >= 4 is 16.9 Å². The van der Waals surface area contributed by atoms with Crippen molar-refractivity contribution in [3.05, 3.63) is 42.7 Å². The Kier molecular flexibility index (Phi) is 3.72. The van der Waals surface area contributed by atoms with E-state index in [1.165, 1.54) is 27.9 Å². The zero-order valence-corrected chi connectivity index (χ0v) is 14.4. The van der Waals surface area contributed by atoms with Gasteiger partial charge in [0.1, 0.15) is 6.54 Å². The summed E-state index contributed by atoms with van der Waals surface area (Å²) in [6, 6.07) is 1.71. The van der Waals surface area contributed by atoms with Crippen LogP contribution in [-0.2, 0) is 13.1 Å². The molecule has 5 heterocycles. The summed E-state index contributed by atoms with van der Waals surface area (Å²) in [5.41, 5.74) is 2.60. The van der Waals surface area contributed by atoms with Crippen molar-refractivity contribution < 1.29 is 13.2 Å². The highest BCUT2D eigenvalue weighted by molar-refractivity contribution is 5.69. The number of halogens is 3. The maximum atomic E-state index is 12.5. The van der Waals surface area contributed by atoms with Crippen LogP contribution in [0.2, 0.25) is 0 Å². The van der Waals surface area contributed by atoms with Gasteiger partial charge in [0.15, 0.2) is 11.3 Å². The number of hydrogen-bond donors (Lipinski definition) is 0. The fourth-order valence-corrected chi connectivity index (χ4v) is 2.75. The van der Waals surface area contributed by atoms with Gasteiger partial charge >= 0.3 is 6.18 Å². The summed E-state index contributed by atoms with van der Waals surface area (Å²) < 4.78 is 41.3. The standard InChI is InChI=1S/C15H10F3N11/c16-15(17,18)8-27-6-9(3-21-27)11-5-19-13-14(24-11)28(26-25-13)7-10-4-22-29-12(23-10)1-2-20-29/h1-6H,7-8H2. The molecular formula is C15H10F3N11. The van der Waals surface area contributed by atoms with Crippen molar-refractivity contribution in [2.45, 2.75) is 19.3 Å². The molecule has 0 aliphatic carbocycles. The van der Waals surface area contributed by atoms with E-state index in [0.717, 1.165) is 4.68 Å². The summed E-state index contributed by atoms with van der Waals surface area (Å²) in [5.74, 6) is 0. The van der Waals surface area contributed by atoms with Gasteiger partial charge in [0.2, 0.25) is 5.65 Å². The summed E-state index contributed by atoms with van der Waals surface area (Å²) in [6.45, 7) is -0.950. The number of fused-ring (bicyclic) bond motifs is 2. The molecule has 29 heavy (non-hydrogen) atoms. The molecule has 11 nitrogen and oxygen atoms in total. The second-order valence-electron chi connectivity index (χ2n) is 6.12. The lowest BCUT2D eigenvalue weighted by molar-refractivity contribution is -0.142. The molecule has 0 bridgehead atoms. The van der Waals surface area contributed by atoms with Crippen LogP contribution < -0.4 is 0 Å². The Hall–Kier alpha value is -3.97. The van der Waals surface area contributed by atoms with Gasteiger partial charge in [-0.1, -0.05) is 5.21 Å². The van der Waals surface area contributed by atoms with E-state index in [1.807, 2.05) is 0 Å². The Bertz CT molecular complexity index is 1320. The van der Waals surface area contributed by atoms with Crippen LogP contribution in [0.5, 0.6) is 0 Å². The molecule has 0 N–H and O–H groups in total. The van der Waals surface area contributed by atoms with Crippen molar-refractivity contribution in [2.75, 3.05) is 0 Å². The molecule has 0 aliphatic heterocycles. The Morgan fingerprint density at radius 1 is 1.00 bits per heavy atom. The van der Waals surface area contributed by atoms with E-state index in [1.54, 1.807) is 18.5 Å². The lowest BCUT2D eigenvalue weighted by Gasteiger charge is -2.05. The van der Waals surface area contributed by atoms with Crippen LogP contribution in [0.3, 0.4) is 0 Å². The van der Waals surface area contributed by atoms with Crippen LogP contribution in [-0.4, -0.2) is 60.7 Å². The second kappa shape index (κ2) is 6.29. The quantitative estimate of drug-likeness (QED) is 0.440. The van der Waals surface area contributed by atoms with Gasteiger partial charge in [-0.25, -0.2) is 19.6 Å². The SMILES string of the molecule is FC(F)(F)Cn1cc(-c2cnc3nnn(Cc4cnn5nccc5n4)c3n2)cn1. The van der Waals surface area contributed by atoms with Gasteiger partial charge < -0.3 is 0 Å². The first kappa shape index (κ1) is 17.2. The van der Waals surface area contributed by atoms with Gasteiger partial charge in [-0.2, -0.15) is 28.5 Å². The molecule has 0 atom stereocenters. The van der Waals surface area contributed by atoms with Crippen LogP contribution in [0.1, 0.15) is 5.69 Å². The molecule has 5 rings (SSSR count). The van der Waals surface area contributed by atoms with Crippen LogP contribution >= 0.6 is 0 Å². The fourth-order valence-electron chi connectivity index (χ4n) is 2.75. The molecule has 0 unspecified atom stereocenters. The Labute approximate surface area is 158 Å². The minimum atomic E-state index is -4.36. The molecule has 0 saturated carbocycles. The molecule has 0 radical (unpaired) electrons. The minimum Gasteiger partial charge on any atom is -0.263 e. The van der Waals surface area contributed by atoms with Gasteiger partial charge in [-0.3, -0.25) is 4.68 Å². The number of nitrogens with zero attached hydrogens (tertiary/aromatic N) is 11. The van der Waals surface area contributed by atoms with E-state index in [4.69, 9.17) is 0 Å². The molecular weight excluding hydrogens is 391 g/mol. The Morgan fingerprint density at radius 2 is 1.90 bits per heavy atom. The molecule has 0 amide bonds. The zero-order chi connectivity index (χ0) is 20.0. The maximum Gasteiger partial charge on any atom is 0.408 e. The highest BCUT2D eigenvalue weighted by atomic mass is 19.4. The van der Waals surface area contributed by atoms with Gasteiger partial charge in [0.05, 0.1) is 42.7 Å². The van der Waals surface area contributed by atoms with Crippen LogP contribution in [0.15, 0.2) is 37.1 Å². The highest BCUT2D eigenvalue weighted by Gasteiger charge is 2.28. The summed E-state index contributed by atoms with van der Waals surface area (Å²) >= 11 is 0. The third-order valence-corrected chi connectivity index (χ3v) is 3.99. The predicted molar refractivity (Wildman–Crippen MR) is 90.3 cm³/mol. The minimum absolute atomic E-state index is 0.233. The third kappa shape index (κ3) is 3.35. The first-order valence-corrected chi connectivity index (χ1v) is 8.26. The lowest BCUT2D eigenvalue weighted by atomic mass is 10.3. The zero-order valence-electron chi connectivity index (χ0n) is 14.4. The van der Waals surface area contributed by atoms with Gasteiger partial charge in [0, 0.05) is 17.8 Å². The fraction of sp³-hybridized carbons (Fsp3) is 0.200. The van der Waals surface area contributed by atoms with Gasteiger partial charge in [-0.05, 0) is 0 Å². The monoisotopic (exact) mass is 401 g/mol. The molecule has 5 aromatic heterocycles. The first-order valence-electron chi connectivity index (χ1n) is 8.26. The van der Waals surface area contributed by atoms with Gasteiger partial charge in [0.25, 0.3) is 0 Å². The van der Waals surface area contributed by atoms with E-state index in [0.29, 0.717) is 33.9 Å². The number of rotatable bonds is 4. The first-order chi connectivity index (χ1) is 13.9. The normalized spacial score (nSPS) is 12.2. The summed E-state index contributed by atoms with van der Waals surface area (Å²) in [4.78, 5) is 13.0. The molecule has 0 aliphatic rings. The maximum absolute atomic E-state index is 12.5. The highest BCUT2D eigenvalue weighted by Crippen LogP contribution is 2.21. The van der Waals surface area contributed by atoms with Crippen LogP contribution in [0, 0.1) is 0 Å². The molecule has 5 aromatic rings. The van der Waals surface area contributed by atoms with E-state index < -0.39 is 12.7 Å². The number of hydrogen-bond acceptors (Lipinski definition) is 8. The van der Waals surface area contributed by atoms with E-state index >= 15 is 0 Å². The van der Waals surface area contributed by atoms with Crippen molar-refractivity contribution in [3.63, 3.8) is 0 Å². The van der Waals surface area contributed by atoms with E-state index in [-0.39, 0.29) is 6.54 Å². The van der Waals surface area contributed by atoms with E-state index in [9.17, 15) is 13.2 Å².